The summed E-state index contributed by atoms with van der Waals surface area (Å²) in [5, 5.41) is 3.13. The minimum absolute atomic E-state index is 0.0621. The number of aryl methyl sites for hydroxylation is 1. The lowest BCUT2D eigenvalue weighted by Gasteiger charge is -2.34. The number of ether oxygens (including phenoxy) is 2. The number of benzene rings is 3. The molecule has 0 spiro atoms. The Morgan fingerprint density at radius 1 is 0.930 bits per heavy atom. The van der Waals surface area contributed by atoms with Gasteiger partial charge in [0.2, 0.25) is 11.8 Å². The number of anilines is 1. The van der Waals surface area contributed by atoms with E-state index in [1.165, 1.54) is 24.1 Å². The zero-order valence-electron chi connectivity index (χ0n) is 25.3. The fraction of sp³-hybridized carbons (Fsp3) is 0.394. The Morgan fingerprint density at radius 2 is 1.58 bits per heavy atom. The van der Waals surface area contributed by atoms with Crippen molar-refractivity contribution in [3.8, 4) is 11.5 Å². The van der Waals surface area contributed by atoms with Crippen molar-refractivity contribution in [2.24, 2.45) is 0 Å². The Hall–Kier alpha value is -4.05. The van der Waals surface area contributed by atoms with Crippen molar-refractivity contribution in [1.82, 2.24) is 10.2 Å². The van der Waals surface area contributed by atoms with Gasteiger partial charge in [-0.15, -0.1) is 0 Å². The quantitative estimate of drug-likeness (QED) is 0.291. The van der Waals surface area contributed by atoms with Gasteiger partial charge in [-0.25, -0.2) is 8.42 Å². The molecule has 3 aromatic carbocycles. The summed E-state index contributed by atoms with van der Waals surface area (Å²) in [4.78, 5) is 29.4. The molecular formula is C33H41N3O6S. The highest BCUT2D eigenvalue weighted by atomic mass is 32.2. The second-order valence-corrected chi connectivity index (χ2v) is 12.7. The topological polar surface area (TPSA) is 105 Å². The van der Waals surface area contributed by atoms with E-state index in [0.717, 1.165) is 41.1 Å². The maximum Gasteiger partial charge on any atom is 0.264 e. The number of hydrogen-bond donors (Lipinski definition) is 1. The van der Waals surface area contributed by atoms with Gasteiger partial charge in [0.15, 0.2) is 0 Å². The van der Waals surface area contributed by atoms with Gasteiger partial charge in [-0.05, 0) is 80.3 Å². The van der Waals surface area contributed by atoms with Crippen molar-refractivity contribution in [3.05, 3.63) is 83.9 Å². The number of carbonyl (C=O) groups is 2. The van der Waals surface area contributed by atoms with E-state index in [4.69, 9.17) is 9.47 Å². The van der Waals surface area contributed by atoms with Gasteiger partial charge in [0, 0.05) is 12.6 Å². The standard InChI is InChI=1S/C33H41N3O6S/c1-5-31(33(38)34-26-10-6-7-11-26)35(22-25-9-8-12-29(21-25)42-4)32(37)23-36(27-15-17-28(41-3)18-16-27)43(39,40)30-19-13-24(2)14-20-30/h8-9,12-21,26,31H,5-7,10-11,22-23H2,1-4H3,(H,34,38)/t31-/m0/s1. The van der Waals surface area contributed by atoms with E-state index in [9.17, 15) is 18.0 Å². The van der Waals surface area contributed by atoms with Crippen LogP contribution in [0.3, 0.4) is 0 Å². The Balaban J connectivity index is 1.72. The van der Waals surface area contributed by atoms with E-state index in [1.54, 1.807) is 49.6 Å². The summed E-state index contributed by atoms with van der Waals surface area (Å²) in [6, 6.07) is 19.6. The molecule has 1 N–H and O–H groups in total. The van der Waals surface area contributed by atoms with Crippen LogP contribution in [-0.2, 0) is 26.2 Å². The highest BCUT2D eigenvalue weighted by Crippen LogP contribution is 2.27. The highest BCUT2D eigenvalue weighted by Gasteiger charge is 2.34. The Morgan fingerprint density at radius 3 is 2.19 bits per heavy atom. The maximum atomic E-state index is 14.3. The van der Waals surface area contributed by atoms with Gasteiger partial charge < -0.3 is 19.7 Å². The van der Waals surface area contributed by atoms with Crippen LogP contribution < -0.4 is 19.1 Å². The second-order valence-electron chi connectivity index (χ2n) is 10.8. The normalized spacial score (nSPS) is 14.1. The van der Waals surface area contributed by atoms with E-state index in [0.29, 0.717) is 23.6 Å². The number of carbonyl (C=O) groups excluding carboxylic acids is 2. The lowest BCUT2D eigenvalue weighted by Crippen LogP contribution is -2.53. The van der Waals surface area contributed by atoms with Crippen LogP contribution in [0.4, 0.5) is 5.69 Å². The molecule has 0 aromatic heterocycles. The molecule has 0 saturated heterocycles. The van der Waals surface area contributed by atoms with Crippen LogP contribution in [-0.4, -0.2) is 58.0 Å². The van der Waals surface area contributed by atoms with Gasteiger partial charge in [0.05, 0.1) is 24.8 Å². The lowest BCUT2D eigenvalue weighted by atomic mass is 10.1. The number of rotatable bonds is 13. The fourth-order valence-corrected chi connectivity index (χ4v) is 6.78. The molecule has 9 nitrogen and oxygen atoms in total. The summed E-state index contributed by atoms with van der Waals surface area (Å²) in [6.45, 7) is 3.33. The zero-order valence-corrected chi connectivity index (χ0v) is 26.1. The third kappa shape index (κ3) is 7.87. The van der Waals surface area contributed by atoms with Crippen molar-refractivity contribution in [2.45, 2.75) is 69.5 Å². The maximum absolute atomic E-state index is 14.3. The van der Waals surface area contributed by atoms with Gasteiger partial charge in [0.1, 0.15) is 24.1 Å². The molecule has 0 unspecified atom stereocenters. The molecule has 1 saturated carbocycles. The predicted octanol–water partition coefficient (Wildman–Crippen LogP) is 5.07. The summed E-state index contributed by atoms with van der Waals surface area (Å²) < 4.78 is 39.8. The largest absolute Gasteiger partial charge is 0.497 e. The molecule has 4 rings (SSSR count). The average molecular weight is 608 g/mol. The molecule has 2 amide bonds. The minimum Gasteiger partial charge on any atom is -0.497 e. The Labute approximate surface area is 254 Å². The first-order chi connectivity index (χ1) is 20.7. The van der Waals surface area contributed by atoms with E-state index in [-0.39, 0.29) is 23.4 Å². The van der Waals surface area contributed by atoms with Gasteiger partial charge in [-0.3, -0.25) is 13.9 Å². The number of nitrogens with zero attached hydrogens (tertiary/aromatic N) is 2. The molecule has 1 fully saturated rings. The van der Waals surface area contributed by atoms with E-state index < -0.39 is 28.5 Å². The van der Waals surface area contributed by atoms with Crippen molar-refractivity contribution < 1.29 is 27.5 Å². The van der Waals surface area contributed by atoms with E-state index in [2.05, 4.69) is 5.32 Å². The summed E-state index contributed by atoms with van der Waals surface area (Å²) in [5.74, 6) is 0.443. The first-order valence-corrected chi connectivity index (χ1v) is 16.1. The SMILES string of the molecule is CC[C@@H](C(=O)NC1CCCC1)N(Cc1cccc(OC)c1)C(=O)CN(c1ccc(OC)cc1)S(=O)(=O)c1ccc(C)cc1. The van der Waals surface area contributed by atoms with Crippen LogP contribution in [0.15, 0.2) is 77.7 Å². The highest BCUT2D eigenvalue weighted by molar-refractivity contribution is 7.92. The number of sulfonamides is 1. The van der Waals surface area contributed by atoms with Crippen molar-refractivity contribution >= 4 is 27.5 Å². The molecule has 230 valence electrons. The van der Waals surface area contributed by atoms with Gasteiger partial charge in [-0.1, -0.05) is 49.6 Å². The fourth-order valence-electron chi connectivity index (χ4n) is 5.37. The van der Waals surface area contributed by atoms with Gasteiger partial charge in [0.25, 0.3) is 10.0 Å². The second kappa shape index (κ2) is 14.4. The summed E-state index contributed by atoms with van der Waals surface area (Å²) in [5.41, 5.74) is 1.98. The van der Waals surface area contributed by atoms with Gasteiger partial charge in [-0.2, -0.15) is 0 Å². The minimum atomic E-state index is -4.15. The van der Waals surface area contributed by atoms with Crippen LogP contribution >= 0.6 is 0 Å². The van der Waals surface area contributed by atoms with Crippen molar-refractivity contribution in [2.75, 3.05) is 25.1 Å². The molecule has 43 heavy (non-hydrogen) atoms. The monoisotopic (exact) mass is 607 g/mol. The van der Waals surface area contributed by atoms with E-state index in [1.807, 2.05) is 32.0 Å². The first kappa shape index (κ1) is 31.9. The number of nitrogens with one attached hydrogen (secondary N) is 1. The van der Waals surface area contributed by atoms with Crippen molar-refractivity contribution in [3.63, 3.8) is 0 Å². The zero-order chi connectivity index (χ0) is 31.0. The number of methoxy groups -OCH3 is 2. The predicted molar refractivity (Wildman–Crippen MR) is 167 cm³/mol. The molecule has 1 aliphatic carbocycles. The molecular weight excluding hydrogens is 566 g/mol. The number of hydrogen-bond acceptors (Lipinski definition) is 6. The lowest BCUT2D eigenvalue weighted by molar-refractivity contribution is -0.140. The average Bonchev–Trinajstić information content (AvgIpc) is 3.53. The molecule has 0 bridgehead atoms. The third-order valence-electron chi connectivity index (χ3n) is 7.82. The summed E-state index contributed by atoms with van der Waals surface area (Å²) >= 11 is 0. The first-order valence-electron chi connectivity index (χ1n) is 14.6. The summed E-state index contributed by atoms with van der Waals surface area (Å²) in [6.07, 6.45) is 4.30. The molecule has 3 aromatic rings. The molecule has 10 heteroatoms. The van der Waals surface area contributed by atoms with Crippen molar-refractivity contribution in [1.29, 1.82) is 0 Å². The van der Waals surface area contributed by atoms with E-state index >= 15 is 0 Å². The third-order valence-corrected chi connectivity index (χ3v) is 9.61. The Bertz CT molecular complexity index is 1490. The molecule has 0 aliphatic heterocycles. The molecule has 0 radical (unpaired) electrons. The molecule has 0 heterocycles. The molecule has 1 aliphatic rings. The smallest absolute Gasteiger partial charge is 0.264 e. The van der Waals surface area contributed by atoms with Crippen LogP contribution in [0.5, 0.6) is 11.5 Å². The Kier molecular flexibility index (Phi) is 10.7. The summed E-state index contributed by atoms with van der Waals surface area (Å²) in [7, 11) is -1.06. The van der Waals surface area contributed by atoms with Crippen LogP contribution in [0.1, 0.15) is 50.2 Å². The van der Waals surface area contributed by atoms with Gasteiger partial charge >= 0.3 is 0 Å². The van der Waals surface area contributed by atoms with Crippen LogP contribution in [0.25, 0.3) is 0 Å². The number of amides is 2. The molecule has 1 atom stereocenters. The van der Waals surface area contributed by atoms with Crippen LogP contribution in [0, 0.1) is 6.92 Å². The van der Waals surface area contributed by atoms with Crippen LogP contribution in [0.2, 0.25) is 0 Å².